The predicted octanol–water partition coefficient (Wildman–Crippen LogP) is 2.64. The van der Waals surface area contributed by atoms with E-state index in [1.54, 1.807) is 0 Å². The molecule has 0 atom stereocenters. The van der Waals surface area contributed by atoms with E-state index in [9.17, 15) is 26.7 Å². The number of alkyl carbamates (subject to hydrolysis) is 1. The molecule has 8 nitrogen and oxygen atoms in total. The zero-order chi connectivity index (χ0) is 20.7. The van der Waals surface area contributed by atoms with Gasteiger partial charge in [-0.3, -0.25) is 0 Å². The van der Waals surface area contributed by atoms with Gasteiger partial charge in [0.05, 0.1) is 0 Å². The summed E-state index contributed by atoms with van der Waals surface area (Å²) in [7, 11) is 0. The third-order valence-corrected chi connectivity index (χ3v) is 3.92. The molecule has 0 fully saturated rings. The van der Waals surface area contributed by atoms with Crippen LogP contribution in [0.15, 0.2) is 29.4 Å². The molecule has 2 aromatic rings. The smallest absolute Gasteiger partial charge is 0.422 e. The molecule has 0 saturated heterocycles. The summed E-state index contributed by atoms with van der Waals surface area (Å²) in [6.45, 7) is -4.61. The number of nitrogen functional groups attached to an aromatic ring is 1. The first-order valence-corrected chi connectivity index (χ1v) is 8.50. The molecule has 0 aliphatic heterocycles. The van der Waals surface area contributed by atoms with Gasteiger partial charge in [-0.25, -0.2) is 9.47 Å². The van der Waals surface area contributed by atoms with Gasteiger partial charge in [0.2, 0.25) is 5.16 Å². The Hall–Kier alpha value is -2.77. The lowest BCUT2D eigenvalue weighted by Crippen LogP contribution is -2.30. The topological polar surface area (TPSA) is 104 Å². The molecule has 1 aromatic heterocycles. The summed E-state index contributed by atoms with van der Waals surface area (Å²) in [6.07, 6.45) is -5.79. The van der Waals surface area contributed by atoms with Crippen LogP contribution in [0.3, 0.4) is 0 Å². The number of nitrogens with zero attached hydrogens (tertiary/aromatic N) is 3. The lowest BCUT2D eigenvalue weighted by molar-refractivity contribution is -0.160. The summed E-state index contributed by atoms with van der Waals surface area (Å²) < 4.78 is 69.4. The van der Waals surface area contributed by atoms with Crippen molar-refractivity contribution in [1.29, 1.82) is 0 Å². The normalized spacial score (nSPS) is 11.5. The van der Waals surface area contributed by atoms with E-state index in [0.29, 0.717) is 5.56 Å². The molecule has 0 aliphatic rings. The maximum Gasteiger partial charge on any atom is 0.422 e. The third kappa shape index (κ3) is 6.75. The molecule has 1 amide bonds. The summed E-state index contributed by atoms with van der Waals surface area (Å²) in [5, 5.41) is 10.2. The van der Waals surface area contributed by atoms with Crippen LogP contribution < -0.4 is 15.9 Å². The SMILES string of the molecule is Nn1c(SCCNC(=O)OCC(F)(F)F)nnc1-c1ccc(OC(F)F)cc1. The van der Waals surface area contributed by atoms with Crippen molar-refractivity contribution in [2.75, 3.05) is 24.7 Å². The number of nitrogens with one attached hydrogen (secondary N) is 1. The average molecular weight is 427 g/mol. The molecular weight excluding hydrogens is 413 g/mol. The highest BCUT2D eigenvalue weighted by Crippen LogP contribution is 2.24. The van der Waals surface area contributed by atoms with Gasteiger partial charge in [0, 0.05) is 17.9 Å². The van der Waals surface area contributed by atoms with Crippen molar-refractivity contribution in [3.63, 3.8) is 0 Å². The van der Waals surface area contributed by atoms with Gasteiger partial charge in [-0.05, 0) is 24.3 Å². The van der Waals surface area contributed by atoms with Crippen molar-refractivity contribution in [2.45, 2.75) is 17.9 Å². The zero-order valence-corrected chi connectivity index (χ0v) is 14.8. The Kier molecular flexibility index (Phi) is 7.25. The Labute approximate surface area is 159 Å². The van der Waals surface area contributed by atoms with Crippen molar-refractivity contribution in [1.82, 2.24) is 20.2 Å². The van der Waals surface area contributed by atoms with Crippen molar-refractivity contribution in [3.8, 4) is 17.1 Å². The molecule has 154 valence electrons. The molecule has 28 heavy (non-hydrogen) atoms. The number of rotatable bonds is 8. The lowest BCUT2D eigenvalue weighted by atomic mass is 10.2. The van der Waals surface area contributed by atoms with Gasteiger partial charge in [0.1, 0.15) is 5.75 Å². The van der Waals surface area contributed by atoms with Gasteiger partial charge in [-0.2, -0.15) is 22.0 Å². The van der Waals surface area contributed by atoms with E-state index in [2.05, 4.69) is 25.0 Å². The van der Waals surface area contributed by atoms with E-state index in [0.717, 1.165) is 16.4 Å². The Bertz CT molecular complexity index is 785. The van der Waals surface area contributed by atoms with Crippen molar-refractivity contribution in [3.05, 3.63) is 24.3 Å². The molecule has 2 rings (SSSR count). The van der Waals surface area contributed by atoms with Crippen LogP contribution in [0.4, 0.5) is 26.7 Å². The minimum Gasteiger partial charge on any atom is -0.440 e. The highest BCUT2D eigenvalue weighted by Gasteiger charge is 2.29. The number of carbonyl (C=O) groups excluding carboxylic acids is 1. The third-order valence-electron chi connectivity index (χ3n) is 2.97. The van der Waals surface area contributed by atoms with Crippen molar-refractivity contribution in [2.24, 2.45) is 0 Å². The Balaban J connectivity index is 1.83. The van der Waals surface area contributed by atoms with Crippen LogP contribution in [0.25, 0.3) is 11.4 Å². The zero-order valence-electron chi connectivity index (χ0n) is 13.9. The number of benzene rings is 1. The Morgan fingerprint density at radius 2 is 1.93 bits per heavy atom. The number of halogens is 5. The first-order chi connectivity index (χ1) is 13.2. The summed E-state index contributed by atoms with van der Waals surface area (Å²) in [6, 6.07) is 5.58. The molecule has 0 aliphatic carbocycles. The van der Waals surface area contributed by atoms with Crippen LogP contribution in [0, 0.1) is 0 Å². The summed E-state index contributed by atoms with van der Waals surface area (Å²) in [5.74, 6) is 6.33. The number of nitrogens with two attached hydrogens (primary N) is 1. The number of ether oxygens (including phenoxy) is 2. The summed E-state index contributed by atoms with van der Waals surface area (Å²) in [5.41, 5.74) is 0.498. The van der Waals surface area contributed by atoms with Gasteiger partial charge in [0.15, 0.2) is 12.4 Å². The van der Waals surface area contributed by atoms with Crippen LogP contribution >= 0.6 is 11.8 Å². The van der Waals surface area contributed by atoms with Crippen molar-refractivity contribution < 1.29 is 36.2 Å². The number of carbonyl (C=O) groups is 1. The van der Waals surface area contributed by atoms with Crippen LogP contribution in [0.1, 0.15) is 0 Å². The minimum absolute atomic E-state index is 0.00319. The van der Waals surface area contributed by atoms with Gasteiger partial charge < -0.3 is 20.6 Å². The number of aromatic nitrogens is 3. The number of hydrogen-bond acceptors (Lipinski definition) is 7. The molecule has 0 saturated carbocycles. The Morgan fingerprint density at radius 3 is 2.54 bits per heavy atom. The number of amides is 1. The largest absolute Gasteiger partial charge is 0.440 e. The number of hydrogen-bond donors (Lipinski definition) is 2. The molecule has 0 bridgehead atoms. The average Bonchev–Trinajstić information content (AvgIpc) is 2.97. The van der Waals surface area contributed by atoms with Gasteiger partial charge in [-0.1, -0.05) is 11.8 Å². The van der Waals surface area contributed by atoms with E-state index in [1.807, 2.05) is 0 Å². The highest BCUT2D eigenvalue weighted by molar-refractivity contribution is 7.99. The second-order valence-electron chi connectivity index (χ2n) is 5.05. The van der Waals surface area contributed by atoms with Gasteiger partial charge in [0.25, 0.3) is 0 Å². The molecule has 14 heteroatoms. The molecule has 3 N–H and O–H groups in total. The maximum atomic E-state index is 12.1. The molecule has 1 aromatic carbocycles. The molecule has 0 unspecified atom stereocenters. The van der Waals surface area contributed by atoms with E-state index >= 15 is 0 Å². The van der Waals surface area contributed by atoms with E-state index in [1.165, 1.54) is 24.3 Å². The standard InChI is InChI=1S/C14H14F5N5O3S/c15-11(16)27-9-3-1-8(2-4-9)10-22-23-12(24(10)20)28-6-5-21-13(25)26-7-14(17,18)19/h1-4,11H,5-7,20H2,(H,21,25). The summed E-state index contributed by atoms with van der Waals surface area (Å²) in [4.78, 5) is 11.1. The van der Waals surface area contributed by atoms with Crippen LogP contribution in [-0.2, 0) is 4.74 Å². The molecular formula is C14H14F5N5O3S. The van der Waals surface area contributed by atoms with Crippen LogP contribution in [0.2, 0.25) is 0 Å². The Morgan fingerprint density at radius 1 is 1.25 bits per heavy atom. The fourth-order valence-corrected chi connectivity index (χ4v) is 2.56. The second kappa shape index (κ2) is 9.43. The van der Waals surface area contributed by atoms with Crippen molar-refractivity contribution >= 4 is 17.9 Å². The fourth-order valence-electron chi connectivity index (χ4n) is 1.85. The number of thioether (sulfide) groups is 1. The molecule has 1 heterocycles. The van der Waals surface area contributed by atoms with E-state index < -0.39 is 25.5 Å². The van der Waals surface area contributed by atoms with Gasteiger partial charge in [-0.15, -0.1) is 10.2 Å². The first kappa shape index (κ1) is 21.5. The van der Waals surface area contributed by atoms with Crippen LogP contribution in [0.5, 0.6) is 5.75 Å². The quantitative estimate of drug-likeness (QED) is 0.289. The highest BCUT2D eigenvalue weighted by atomic mass is 32.2. The first-order valence-electron chi connectivity index (χ1n) is 7.51. The van der Waals surface area contributed by atoms with Gasteiger partial charge >= 0.3 is 18.9 Å². The van der Waals surface area contributed by atoms with Crippen LogP contribution in [-0.4, -0.2) is 52.7 Å². The predicted molar refractivity (Wildman–Crippen MR) is 88.4 cm³/mol. The maximum absolute atomic E-state index is 12.1. The fraction of sp³-hybridized carbons (Fsp3) is 0.357. The van der Waals surface area contributed by atoms with E-state index in [4.69, 9.17) is 5.84 Å². The van der Waals surface area contributed by atoms with E-state index in [-0.39, 0.29) is 29.0 Å². The molecule has 0 radical (unpaired) electrons. The number of alkyl halides is 5. The second-order valence-corrected chi connectivity index (χ2v) is 6.11. The monoisotopic (exact) mass is 427 g/mol. The lowest BCUT2D eigenvalue weighted by Gasteiger charge is -2.09. The summed E-state index contributed by atoms with van der Waals surface area (Å²) >= 11 is 1.09. The molecule has 0 spiro atoms. The minimum atomic E-state index is -4.59.